The minimum atomic E-state index is -1.11. The molecule has 1 amide bonds. The molecule has 178 valence electrons. The summed E-state index contributed by atoms with van der Waals surface area (Å²) >= 11 is 0. The molecule has 0 spiro atoms. The first-order chi connectivity index (χ1) is 16.2. The van der Waals surface area contributed by atoms with Crippen LogP contribution in [0, 0.1) is 12.7 Å². The van der Waals surface area contributed by atoms with Gasteiger partial charge in [0, 0.05) is 48.6 Å². The van der Waals surface area contributed by atoms with Crippen LogP contribution < -0.4 is 20.7 Å². The van der Waals surface area contributed by atoms with Crippen molar-refractivity contribution in [3.8, 4) is 17.0 Å². The van der Waals surface area contributed by atoms with E-state index in [9.17, 15) is 9.90 Å². The van der Waals surface area contributed by atoms with Crippen molar-refractivity contribution in [1.82, 2.24) is 9.97 Å². The fourth-order valence-corrected chi connectivity index (χ4v) is 4.83. The fraction of sp³-hybridized carbons (Fsp3) is 0.375. The van der Waals surface area contributed by atoms with Gasteiger partial charge in [-0.1, -0.05) is 0 Å². The third-order valence-corrected chi connectivity index (χ3v) is 6.87. The number of aromatic nitrogens is 2. The van der Waals surface area contributed by atoms with Crippen LogP contribution in [-0.4, -0.2) is 53.1 Å². The smallest absolute Gasteiger partial charge is 0.413 e. The number of anilines is 3. The van der Waals surface area contributed by atoms with E-state index in [0.717, 1.165) is 11.3 Å². The Hall–Kier alpha value is -3.66. The number of halogens is 1. The van der Waals surface area contributed by atoms with Gasteiger partial charge in [-0.05, 0) is 49.8 Å². The second-order valence-corrected chi connectivity index (χ2v) is 9.04. The number of benzene rings is 1. The lowest BCUT2D eigenvalue weighted by Crippen LogP contribution is -2.56. The largest absolute Gasteiger partial charge is 0.474 e. The molecule has 0 radical (unpaired) electrons. The number of nitrogens with one attached hydrogen (secondary N) is 1. The number of pyridine rings is 2. The molecule has 1 saturated carbocycles. The summed E-state index contributed by atoms with van der Waals surface area (Å²) in [7, 11) is 1.62. The molecule has 2 aromatic heterocycles. The summed E-state index contributed by atoms with van der Waals surface area (Å²) in [5.41, 5.74) is 8.12. The highest BCUT2D eigenvalue weighted by Gasteiger charge is 2.46. The topological polar surface area (TPSA) is 123 Å². The molecule has 0 unspecified atom stereocenters. The summed E-state index contributed by atoms with van der Waals surface area (Å²) < 4.78 is 26.4. The Balaban J connectivity index is 1.60. The van der Waals surface area contributed by atoms with Crippen LogP contribution in [0.25, 0.3) is 21.9 Å². The lowest BCUT2D eigenvalue weighted by molar-refractivity contribution is -0.0675. The number of nitrogens with zero attached hydrogens (tertiary/aromatic N) is 3. The summed E-state index contributed by atoms with van der Waals surface area (Å²) in [6.07, 6.45) is 3.00. The molecule has 0 saturated heterocycles. The van der Waals surface area contributed by atoms with Crippen LogP contribution in [0.4, 0.5) is 26.4 Å². The number of methoxy groups -OCH3 is 1. The highest BCUT2D eigenvalue weighted by Crippen LogP contribution is 2.42. The van der Waals surface area contributed by atoms with Crippen molar-refractivity contribution >= 4 is 34.1 Å². The first-order valence-corrected chi connectivity index (χ1v) is 11.0. The first kappa shape index (κ1) is 22.1. The molecule has 2 aliphatic rings. The van der Waals surface area contributed by atoms with E-state index in [-0.39, 0.29) is 28.7 Å². The van der Waals surface area contributed by atoms with Gasteiger partial charge in [-0.2, -0.15) is 0 Å². The molecule has 10 heteroatoms. The summed E-state index contributed by atoms with van der Waals surface area (Å²) in [6.45, 7) is 4.95. The maximum absolute atomic E-state index is 15.4. The van der Waals surface area contributed by atoms with Crippen molar-refractivity contribution in [1.29, 1.82) is 0 Å². The Morgan fingerprint density at radius 1 is 1.32 bits per heavy atom. The maximum Gasteiger partial charge on any atom is 0.413 e. The Bertz CT molecular complexity index is 1310. The predicted molar refractivity (Wildman–Crippen MR) is 127 cm³/mol. The SMILES string of the molecule is COC1(C)CC(N(C(=O)O)c2cc3cc(-c4cnc5c(c4C)NCCO5)c(F)c(N)c3cn2)C1. The van der Waals surface area contributed by atoms with Gasteiger partial charge in [-0.15, -0.1) is 0 Å². The van der Waals surface area contributed by atoms with Crippen molar-refractivity contribution in [2.45, 2.75) is 38.3 Å². The minimum Gasteiger partial charge on any atom is -0.474 e. The number of carboxylic acid groups (broad SMARTS) is 1. The van der Waals surface area contributed by atoms with Gasteiger partial charge in [0.1, 0.15) is 18.1 Å². The van der Waals surface area contributed by atoms with Gasteiger partial charge in [0.05, 0.1) is 11.3 Å². The number of rotatable bonds is 4. The van der Waals surface area contributed by atoms with E-state index in [1.54, 1.807) is 25.4 Å². The van der Waals surface area contributed by atoms with Crippen LogP contribution in [0.15, 0.2) is 24.5 Å². The van der Waals surface area contributed by atoms with Crippen molar-refractivity contribution < 1.29 is 23.8 Å². The lowest BCUT2D eigenvalue weighted by Gasteiger charge is -2.47. The Labute approximate surface area is 195 Å². The normalized spacial score (nSPS) is 21.2. The van der Waals surface area contributed by atoms with Gasteiger partial charge >= 0.3 is 6.09 Å². The number of nitrogen functional groups attached to an aromatic ring is 1. The van der Waals surface area contributed by atoms with Gasteiger partial charge in [0.25, 0.3) is 0 Å². The van der Waals surface area contributed by atoms with E-state index in [1.807, 2.05) is 13.8 Å². The monoisotopic (exact) mass is 467 g/mol. The third-order valence-electron chi connectivity index (χ3n) is 6.87. The molecule has 3 aromatic rings. The molecule has 1 aliphatic carbocycles. The molecule has 9 nitrogen and oxygen atoms in total. The molecular formula is C24H26FN5O4. The zero-order valence-corrected chi connectivity index (χ0v) is 19.2. The zero-order chi connectivity index (χ0) is 24.2. The molecule has 0 bridgehead atoms. The second-order valence-electron chi connectivity index (χ2n) is 9.04. The molecule has 0 atom stereocenters. The highest BCUT2D eigenvalue weighted by atomic mass is 19.1. The molecule has 1 fully saturated rings. The van der Waals surface area contributed by atoms with E-state index >= 15 is 4.39 Å². The van der Waals surface area contributed by atoms with E-state index < -0.39 is 11.9 Å². The van der Waals surface area contributed by atoms with Crippen LogP contribution in [0.1, 0.15) is 25.3 Å². The Morgan fingerprint density at radius 2 is 2.09 bits per heavy atom. The second kappa shape index (κ2) is 7.98. The number of ether oxygens (including phenoxy) is 2. The van der Waals surface area contributed by atoms with E-state index in [1.165, 1.54) is 11.1 Å². The number of amides is 1. The molecule has 5 rings (SSSR count). The predicted octanol–water partition coefficient (Wildman–Crippen LogP) is 4.18. The Morgan fingerprint density at radius 3 is 2.79 bits per heavy atom. The minimum absolute atomic E-state index is 0.0506. The van der Waals surface area contributed by atoms with E-state index in [2.05, 4.69) is 15.3 Å². The molecule has 3 heterocycles. The number of carbonyl (C=O) groups is 1. The fourth-order valence-electron chi connectivity index (χ4n) is 4.83. The standard InChI is InChI=1S/C24H26FN5O4/c1-12-16(10-29-22-21(12)27-4-5-34-22)15-6-13-7-18(28-11-17(13)20(26)19(15)25)30(23(31)32)14-8-24(2,9-14)33-3/h6-7,10-11,14,27H,4-5,8-9,26H2,1-3H3,(H,31,32). The van der Waals surface area contributed by atoms with Crippen LogP contribution >= 0.6 is 0 Å². The van der Waals surface area contributed by atoms with Gasteiger partial charge in [-0.3, -0.25) is 4.90 Å². The summed E-state index contributed by atoms with van der Waals surface area (Å²) in [6, 6.07) is 3.03. The van der Waals surface area contributed by atoms with Gasteiger partial charge in [0.2, 0.25) is 5.88 Å². The number of nitrogens with two attached hydrogens (primary N) is 1. The van der Waals surface area contributed by atoms with Crippen LogP contribution in [0.5, 0.6) is 5.88 Å². The third kappa shape index (κ3) is 3.45. The van der Waals surface area contributed by atoms with Crippen LogP contribution in [-0.2, 0) is 4.74 Å². The number of hydrogen-bond acceptors (Lipinski definition) is 7. The Kier molecular flexibility index (Phi) is 5.20. The number of hydrogen-bond donors (Lipinski definition) is 3. The summed E-state index contributed by atoms with van der Waals surface area (Å²) in [5.74, 6) is 0.165. The molecule has 1 aromatic carbocycles. The molecular weight excluding hydrogens is 441 g/mol. The lowest BCUT2D eigenvalue weighted by atomic mass is 9.76. The average molecular weight is 468 g/mol. The summed E-state index contributed by atoms with van der Waals surface area (Å²) in [4.78, 5) is 22.0. The average Bonchev–Trinajstić information content (AvgIpc) is 2.80. The molecule has 1 aliphatic heterocycles. The molecule has 4 N–H and O–H groups in total. The first-order valence-electron chi connectivity index (χ1n) is 11.0. The van der Waals surface area contributed by atoms with Gasteiger partial charge in [-0.25, -0.2) is 19.2 Å². The van der Waals surface area contributed by atoms with E-state index in [0.29, 0.717) is 48.2 Å². The summed E-state index contributed by atoms with van der Waals surface area (Å²) in [5, 5.41) is 14.1. The quantitative estimate of drug-likeness (QED) is 0.489. The van der Waals surface area contributed by atoms with Gasteiger partial charge < -0.3 is 25.6 Å². The molecule has 34 heavy (non-hydrogen) atoms. The van der Waals surface area contributed by atoms with E-state index in [4.69, 9.17) is 15.2 Å². The van der Waals surface area contributed by atoms with Crippen molar-refractivity contribution in [2.24, 2.45) is 0 Å². The number of fused-ring (bicyclic) bond motifs is 2. The maximum atomic E-state index is 15.4. The van der Waals surface area contributed by atoms with Crippen molar-refractivity contribution in [3.63, 3.8) is 0 Å². The highest BCUT2D eigenvalue weighted by molar-refractivity contribution is 5.99. The van der Waals surface area contributed by atoms with Crippen molar-refractivity contribution in [2.75, 3.05) is 36.2 Å². The van der Waals surface area contributed by atoms with Crippen molar-refractivity contribution in [3.05, 3.63) is 35.9 Å². The van der Waals surface area contributed by atoms with Crippen LogP contribution in [0.3, 0.4) is 0 Å². The van der Waals surface area contributed by atoms with Gasteiger partial charge in [0.15, 0.2) is 5.82 Å². The zero-order valence-electron chi connectivity index (χ0n) is 19.2. The van der Waals surface area contributed by atoms with Crippen LogP contribution in [0.2, 0.25) is 0 Å².